The van der Waals surface area contributed by atoms with E-state index in [1.165, 1.54) is 0 Å². The number of hydrogen-bond acceptors (Lipinski definition) is 7. The molecule has 42 heavy (non-hydrogen) atoms. The van der Waals surface area contributed by atoms with Gasteiger partial charge in [0.1, 0.15) is 11.9 Å². The molecule has 10 heteroatoms. The molecule has 5 rings (SSSR count). The molecular formula is C32H34N6O4. The Morgan fingerprint density at radius 3 is 2.62 bits per heavy atom. The van der Waals surface area contributed by atoms with Crippen molar-refractivity contribution in [1.29, 1.82) is 0 Å². The number of imidazole rings is 1. The van der Waals surface area contributed by atoms with Gasteiger partial charge in [-0.1, -0.05) is 25.1 Å². The molecule has 1 aliphatic heterocycles. The number of aliphatic imine (C=N–C) groups is 1. The predicted molar refractivity (Wildman–Crippen MR) is 160 cm³/mol. The van der Waals surface area contributed by atoms with Crippen molar-refractivity contribution in [2.24, 2.45) is 10.9 Å². The monoisotopic (exact) mass is 566 g/mol. The van der Waals surface area contributed by atoms with Crippen molar-refractivity contribution in [3.05, 3.63) is 107 Å². The fourth-order valence-electron chi connectivity index (χ4n) is 4.98. The molecule has 1 aliphatic rings. The Labute approximate surface area is 244 Å². The van der Waals surface area contributed by atoms with Crippen molar-refractivity contribution in [3.8, 4) is 5.69 Å². The highest BCUT2D eigenvalue weighted by Crippen LogP contribution is 2.22. The maximum absolute atomic E-state index is 13.3. The number of carboxylic acids is 1. The van der Waals surface area contributed by atoms with Crippen LogP contribution in [0.25, 0.3) is 5.69 Å². The van der Waals surface area contributed by atoms with Gasteiger partial charge in [0.2, 0.25) is 5.90 Å². The molecule has 1 amide bonds. The van der Waals surface area contributed by atoms with Gasteiger partial charge in [0.25, 0.3) is 5.91 Å². The maximum Gasteiger partial charge on any atom is 0.326 e. The first-order chi connectivity index (χ1) is 20.4. The Hall–Kier alpha value is -4.99. The fraction of sp³-hybridized carbons (Fsp3) is 0.281. The third kappa shape index (κ3) is 6.83. The van der Waals surface area contributed by atoms with E-state index < -0.39 is 17.9 Å². The first-order valence-corrected chi connectivity index (χ1v) is 14.0. The number of ether oxygens (including phenoxy) is 1. The van der Waals surface area contributed by atoms with Crippen LogP contribution in [0.4, 0.5) is 5.82 Å². The third-order valence-corrected chi connectivity index (χ3v) is 7.24. The molecular weight excluding hydrogens is 532 g/mol. The normalized spacial score (nSPS) is 15.3. The van der Waals surface area contributed by atoms with Gasteiger partial charge in [-0.2, -0.15) is 0 Å². The van der Waals surface area contributed by atoms with Gasteiger partial charge < -0.3 is 25.0 Å². The van der Waals surface area contributed by atoms with Crippen molar-refractivity contribution in [2.45, 2.75) is 32.7 Å². The van der Waals surface area contributed by atoms with Crippen molar-refractivity contribution in [3.63, 3.8) is 0 Å². The molecule has 216 valence electrons. The second-order valence-electron chi connectivity index (χ2n) is 10.3. The molecule has 4 aromatic rings. The summed E-state index contributed by atoms with van der Waals surface area (Å²) in [6.45, 7) is 5.71. The maximum atomic E-state index is 13.3. The zero-order valence-electron chi connectivity index (χ0n) is 23.7. The fourth-order valence-corrected chi connectivity index (χ4v) is 4.98. The molecule has 0 spiro atoms. The zero-order chi connectivity index (χ0) is 29.5. The van der Waals surface area contributed by atoms with Gasteiger partial charge in [0.05, 0.1) is 19.5 Å². The van der Waals surface area contributed by atoms with E-state index in [0.717, 1.165) is 33.8 Å². The lowest BCUT2D eigenvalue weighted by atomic mass is 9.97. The molecule has 0 bridgehead atoms. The Bertz CT molecular complexity index is 1550. The molecule has 2 aromatic heterocycles. The smallest absolute Gasteiger partial charge is 0.326 e. The number of carbonyl (C=O) groups excluding carboxylic acids is 1. The SMILES string of the molecule is CCc1cc(-n2ccnc2)cc(C)c1C(=O)NC(Cc1ccc(C2=NCC(CNc3ccccn3)CO2)cc1)C(=O)O. The molecule has 0 fully saturated rings. The molecule has 3 heterocycles. The topological polar surface area (TPSA) is 131 Å². The van der Waals surface area contributed by atoms with Crippen LogP contribution in [0.15, 0.2) is 84.5 Å². The zero-order valence-corrected chi connectivity index (χ0v) is 23.7. The van der Waals surface area contributed by atoms with Crippen LogP contribution in [0.3, 0.4) is 0 Å². The van der Waals surface area contributed by atoms with Crippen LogP contribution in [-0.4, -0.2) is 63.2 Å². The van der Waals surface area contributed by atoms with Gasteiger partial charge in [-0.3, -0.25) is 9.79 Å². The Morgan fingerprint density at radius 1 is 1.14 bits per heavy atom. The number of rotatable bonds is 11. The number of aliphatic carboxylic acids is 1. The van der Waals surface area contributed by atoms with E-state index in [-0.39, 0.29) is 12.3 Å². The molecule has 10 nitrogen and oxygen atoms in total. The van der Waals surface area contributed by atoms with E-state index in [4.69, 9.17) is 4.74 Å². The molecule has 3 N–H and O–H groups in total. The van der Waals surface area contributed by atoms with Gasteiger partial charge >= 0.3 is 5.97 Å². The van der Waals surface area contributed by atoms with Crippen LogP contribution in [-0.2, 0) is 22.4 Å². The lowest BCUT2D eigenvalue weighted by Gasteiger charge is -2.23. The van der Waals surface area contributed by atoms with Gasteiger partial charge in [0.15, 0.2) is 0 Å². The second-order valence-corrected chi connectivity index (χ2v) is 10.3. The Balaban J connectivity index is 1.21. The number of pyridine rings is 1. The van der Waals surface area contributed by atoms with Crippen LogP contribution >= 0.6 is 0 Å². The van der Waals surface area contributed by atoms with Crippen LogP contribution in [0, 0.1) is 12.8 Å². The van der Waals surface area contributed by atoms with Gasteiger partial charge in [-0.15, -0.1) is 0 Å². The lowest BCUT2D eigenvalue weighted by molar-refractivity contribution is -0.139. The van der Waals surface area contributed by atoms with Gasteiger partial charge in [0, 0.05) is 54.3 Å². The molecule has 0 saturated heterocycles. The summed E-state index contributed by atoms with van der Waals surface area (Å²) < 4.78 is 7.80. The average molecular weight is 567 g/mol. The number of carbonyl (C=O) groups is 2. The Morgan fingerprint density at radius 2 is 1.98 bits per heavy atom. The number of hydrogen-bond donors (Lipinski definition) is 3. The first-order valence-electron chi connectivity index (χ1n) is 14.0. The highest BCUT2D eigenvalue weighted by Gasteiger charge is 2.24. The van der Waals surface area contributed by atoms with E-state index in [1.54, 1.807) is 18.7 Å². The summed E-state index contributed by atoms with van der Waals surface area (Å²) in [5, 5.41) is 16.0. The molecule has 0 radical (unpaired) electrons. The summed E-state index contributed by atoms with van der Waals surface area (Å²) in [5.74, 6) is 0.128. The number of amides is 1. The summed E-state index contributed by atoms with van der Waals surface area (Å²) >= 11 is 0. The molecule has 2 atom stereocenters. The predicted octanol–water partition coefficient (Wildman–Crippen LogP) is 4.07. The van der Waals surface area contributed by atoms with Gasteiger partial charge in [-0.25, -0.2) is 14.8 Å². The number of aryl methyl sites for hydroxylation is 2. The van der Waals surface area contributed by atoms with Crippen LogP contribution < -0.4 is 10.6 Å². The average Bonchev–Trinajstić information content (AvgIpc) is 3.56. The second kappa shape index (κ2) is 13.1. The van der Waals surface area contributed by atoms with Crippen LogP contribution in [0.2, 0.25) is 0 Å². The minimum Gasteiger partial charge on any atom is -0.480 e. The summed E-state index contributed by atoms with van der Waals surface area (Å²) in [7, 11) is 0. The number of anilines is 1. The standard InChI is InChI=1S/C32H34N6O4/c1-3-24-16-26(38-13-12-33-20-38)14-21(2)29(24)30(39)37-27(32(40)41)15-22-7-9-25(10-8-22)31-36-18-23(19-42-31)17-35-28-6-4-5-11-34-28/h4-14,16,20,23,27H,3,15,17-19H2,1-2H3,(H,34,35)(H,37,39)(H,40,41). The first kappa shape index (κ1) is 28.5. The number of carboxylic acid groups (broad SMARTS) is 1. The number of aromatic nitrogens is 3. The molecule has 2 unspecified atom stereocenters. The van der Waals surface area contributed by atoms with E-state index in [0.29, 0.717) is 37.6 Å². The number of nitrogens with zero attached hydrogens (tertiary/aromatic N) is 4. The highest BCUT2D eigenvalue weighted by atomic mass is 16.5. The summed E-state index contributed by atoms with van der Waals surface area (Å²) in [6.07, 6.45) is 7.75. The number of benzene rings is 2. The van der Waals surface area contributed by atoms with Crippen LogP contribution in [0.5, 0.6) is 0 Å². The van der Waals surface area contributed by atoms with E-state index >= 15 is 0 Å². The van der Waals surface area contributed by atoms with Crippen molar-refractivity contribution < 1.29 is 19.4 Å². The van der Waals surface area contributed by atoms with Crippen molar-refractivity contribution >= 4 is 23.6 Å². The lowest BCUT2D eigenvalue weighted by Crippen LogP contribution is -2.42. The van der Waals surface area contributed by atoms with Crippen molar-refractivity contribution in [2.75, 3.05) is 25.0 Å². The summed E-state index contributed by atoms with van der Waals surface area (Å²) in [5.41, 5.74) is 4.62. The molecule has 2 aromatic carbocycles. The Kier molecular flexibility index (Phi) is 8.91. The summed E-state index contributed by atoms with van der Waals surface area (Å²) in [6, 6.07) is 15.9. The molecule has 0 aliphatic carbocycles. The largest absolute Gasteiger partial charge is 0.480 e. The third-order valence-electron chi connectivity index (χ3n) is 7.24. The summed E-state index contributed by atoms with van der Waals surface area (Å²) in [4.78, 5) is 38.4. The minimum atomic E-state index is -1.09. The highest BCUT2D eigenvalue weighted by molar-refractivity contribution is 5.99. The quantitative estimate of drug-likeness (QED) is 0.249. The van der Waals surface area contributed by atoms with E-state index in [9.17, 15) is 14.7 Å². The van der Waals surface area contributed by atoms with Crippen LogP contribution in [0.1, 0.15) is 39.5 Å². The molecule has 0 saturated carbocycles. The van der Waals surface area contributed by atoms with E-state index in [2.05, 4.69) is 25.6 Å². The van der Waals surface area contributed by atoms with Crippen molar-refractivity contribution in [1.82, 2.24) is 19.9 Å². The number of nitrogens with one attached hydrogen (secondary N) is 2. The van der Waals surface area contributed by atoms with Gasteiger partial charge in [-0.05, 0) is 66.4 Å². The minimum absolute atomic E-state index is 0.142. The van der Waals surface area contributed by atoms with E-state index in [1.807, 2.05) is 79.2 Å².